The van der Waals surface area contributed by atoms with Crippen LogP contribution in [0.4, 0.5) is 0 Å². The van der Waals surface area contributed by atoms with Crippen LogP contribution in [0, 0.1) is 0 Å². The van der Waals surface area contributed by atoms with Gasteiger partial charge in [-0.15, -0.1) is 0 Å². The maximum atomic E-state index is 5.81. The third-order valence-electron chi connectivity index (χ3n) is 2.35. The van der Waals surface area contributed by atoms with Crippen molar-refractivity contribution in [2.24, 2.45) is 0 Å². The molecule has 0 saturated carbocycles. The van der Waals surface area contributed by atoms with Gasteiger partial charge in [0.2, 0.25) is 0 Å². The highest BCUT2D eigenvalue weighted by Gasteiger charge is 2.14. The van der Waals surface area contributed by atoms with Crippen molar-refractivity contribution < 1.29 is 4.74 Å². The zero-order valence-electron chi connectivity index (χ0n) is 8.49. The quantitative estimate of drug-likeness (QED) is 0.759. The molecule has 15 heavy (non-hydrogen) atoms. The van der Waals surface area contributed by atoms with E-state index < -0.39 is 0 Å². The molecule has 2 heterocycles. The van der Waals surface area contributed by atoms with Crippen LogP contribution in [0.5, 0.6) is 0 Å². The Bertz CT molecular complexity index is 315. The van der Waals surface area contributed by atoms with E-state index in [1.807, 2.05) is 23.9 Å². The number of thioether (sulfide) groups is 1. The van der Waals surface area contributed by atoms with Crippen molar-refractivity contribution in [2.45, 2.75) is 24.7 Å². The van der Waals surface area contributed by atoms with Crippen LogP contribution in [-0.2, 0) is 10.5 Å². The highest BCUT2D eigenvalue weighted by molar-refractivity contribution is 7.98. The zero-order chi connectivity index (χ0) is 10.5. The van der Waals surface area contributed by atoms with Gasteiger partial charge < -0.3 is 4.74 Å². The Balaban J connectivity index is 1.73. The van der Waals surface area contributed by atoms with Crippen molar-refractivity contribution in [1.82, 2.24) is 4.98 Å². The number of ether oxygens (including phenoxy) is 1. The van der Waals surface area contributed by atoms with E-state index in [9.17, 15) is 0 Å². The number of nitrogens with zero attached hydrogens (tertiary/aromatic N) is 1. The molecule has 0 aliphatic carbocycles. The molecule has 1 aliphatic rings. The normalized spacial score (nSPS) is 20.7. The minimum atomic E-state index is 0.453. The number of hydrogen-bond donors (Lipinski definition) is 0. The van der Waals surface area contributed by atoms with Crippen LogP contribution >= 0.6 is 23.4 Å². The molecule has 0 aromatic carbocycles. The van der Waals surface area contributed by atoms with Crippen molar-refractivity contribution in [2.75, 3.05) is 12.4 Å². The first kappa shape index (κ1) is 11.2. The second-order valence-corrected chi connectivity index (χ2v) is 5.02. The fourth-order valence-corrected chi connectivity index (χ4v) is 2.80. The smallest absolute Gasteiger partial charge is 0.129 e. The summed E-state index contributed by atoms with van der Waals surface area (Å²) in [5.41, 5.74) is 1.05. The average molecular weight is 244 g/mol. The van der Waals surface area contributed by atoms with Gasteiger partial charge in [0.15, 0.2) is 0 Å². The van der Waals surface area contributed by atoms with Gasteiger partial charge in [-0.3, -0.25) is 0 Å². The lowest BCUT2D eigenvalue weighted by Gasteiger charge is -2.08. The molecule has 1 aliphatic heterocycles. The van der Waals surface area contributed by atoms with Crippen molar-refractivity contribution in [3.8, 4) is 0 Å². The largest absolute Gasteiger partial charge is 0.377 e. The van der Waals surface area contributed by atoms with Crippen molar-refractivity contribution >= 4 is 23.4 Å². The molecule has 1 atom stereocenters. The standard InChI is InChI=1S/C11H14ClNOS/c12-11-5-1-3-9(13-11)7-15-8-10-4-2-6-14-10/h1,3,5,10H,2,4,6-8H2. The van der Waals surface area contributed by atoms with E-state index in [1.165, 1.54) is 12.8 Å². The summed E-state index contributed by atoms with van der Waals surface area (Å²) in [6.07, 6.45) is 2.87. The predicted molar refractivity (Wildman–Crippen MR) is 64.4 cm³/mol. The first-order chi connectivity index (χ1) is 7.34. The molecular formula is C11H14ClNOS. The fourth-order valence-electron chi connectivity index (χ4n) is 1.60. The number of aromatic nitrogens is 1. The van der Waals surface area contributed by atoms with Gasteiger partial charge in [0, 0.05) is 18.1 Å². The number of halogens is 1. The summed E-state index contributed by atoms with van der Waals surface area (Å²) in [6, 6.07) is 5.75. The first-order valence-corrected chi connectivity index (χ1v) is 6.68. The molecule has 82 valence electrons. The Morgan fingerprint density at radius 3 is 3.20 bits per heavy atom. The number of hydrogen-bond acceptors (Lipinski definition) is 3. The molecule has 0 spiro atoms. The summed E-state index contributed by atoms with van der Waals surface area (Å²) in [6.45, 7) is 0.931. The average Bonchev–Trinajstić information content (AvgIpc) is 2.71. The van der Waals surface area contributed by atoms with Gasteiger partial charge in [0.25, 0.3) is 0 Å². The summed E-state index contributed by atoms with van der Waals surface area (Å²) in [4.78, 5) is 4.24. The van der Waals surface area contributed by atoms with E-state index in [2.05, 4.69) is 4.98 Å². The van der Waals surface area contributed by atoms with Crippen LogP contribution in [0.1, 0.15) is 18.5 Å². The van der Waals surface area contributed by atoms with Crippen molar-refractivity contribution in [1.29, 1.82) is 0 Å². The second-order valence-electron chi connectivity index (χ2n) is 3.60. The summed E-state index contributed by atoms with van der Waals surface area (Å²) >= 11 is 7.67. The van der Waals surface area contributed by atoms with Gasteiger partial charge in [-0.1, -0.05) is 17.7 Å². The highest BCUT2D eigenvalue weighted by Crippen LogP contribution is 2.19. The number of pyridine rings is 1. The Labute approximate surface area is 99.4 Å². The molecule has 1 fully saturated rings. The minimum Gasteiger partial charge on any atom is -0.377 e. The highest BCUT2D eigenvalue weighted by atomic mass is 35.5. The minimum absolute atomic E-state index is 0.453. The third-order valence-corrected chi connectivity index (χ3v) is 3.67. The SMILES string of the molecule is Clc1cccc(CSCC2CCCO2)n1. The molecule has 0 N–H and O–H groups in total. The molecular weight excluding hydrogens is 230 g/mol. The lowest BCUT2D eigenvalue weighted by Crippen LogP contribution is -2.08. The van der Waals surface area contributed by atoms with Gasteiger partial charge in [-0.05, 0) is 25.0 Å². The van der Waals surface area contributed by atoms with Crippen molar-refractivity contribution in [3.05, 3.63) is 29.0 Å². The molecule has 1 aromatic heterocycles. The Kier molecular flexibility index (Phi) is 4.29. The van der Waals surface area contributed by atoms with Crippen LogP contribution in [0.3, 0.4) is 0 Å². The van der Waals surface area contributed by atoms with E-state index in [-0.39, 0.29) is 0 Å². The van der Waals surface area contributed by atoms with E-state index >= 15 is 0 Å². The summed E-state index contributed by atoms with van der Waals surface area (Å²) < 4.78 is 5.55. The summed E-state index contributed by atoms with van der Waals surface area (Å²) in [7, 11) is 0. The van der Waals surface area contributed by atoms with E-state index in [4.69, 9.17) is 16.3 Å². The monoisotopic (exact) mass is 243 g/mol. The van der Waals surface area contributed by atoms with E-state index in [0.717, 1.165) is 23.8 Å². The van der Waals surface area contributed by atoms with Crippen LogP contribution < -0.4 is 0 Å². The zero-order valence-corrected chi connectivity index (χ0v) is 10.1. The lowest BCUT2D eigenvalue weighted by atomic mass is 10.3. The van der Waals surface area contributed by atoms with Crippen molar-refractivity contribution in [3.63, 3.8) is 0 Å². The maximum Gasteiger partial charge on any atom is 0.129 e. The van der Waals surface area contributed by atoms with Gasteiger partial charge in [0.1, 0.15) is 5.15 Å². The van der Waals surface area contributed by atoms with Gasteiger partial charge in [-0.25, -0.2) is 4.98 Å². The third kappa shape index (κ3) is 3.67. The lowest BCUT2D eigenvalue weighted by molar-refractivity contribution is 0.129. The van der Waals surface area contributed by atoms with E-state index in [0.29, 0.717) is 11.3 Å². The van der Waals surface area contributed by atoms with E-state index in [1.54, 1.807) is 6.07 Å². The molecule has 2 rings (SSSR count). The molecule has 2 nitrogen and oxygen atoms in total. The Morgan fingerprint density at radius 1 is 1.53 bits per heavy atom. The number of rotatable bonds is 4. The molecule has 0 radical (unpaired) electrons. The Morgan fingerprint density at radius 2 is 2.47 bits per heavy atom. The van der Waals surface area contributed by atoms with Crippen LogP contribution in [0.2, 0.25) is 5.15 Å². The second kappa shape index (κ2) is 5.73. The van der Waals surface area contributed by atoms with Gasteiger partial charge in [-0.2, -0.15) is 11.8 Å². The van der Waals surface area contributed by atoms with Crippen LogP contribution in [0.25, 0.3) is 0 Å². The molecule has 1 aromatic rings. The first-order valence-electron chi connectivity index (χ1n) is 5.15. The fraction of sp³-hybridized carbons (Fsp3) is 0.545. The maximum absolute atomic E-state index is 5.81. The molecule has 1 unspecified atom stereocenters. The molecule has 0 bridgehead atoms. The molecule has 1 saturated heterocycles. The Hall–Kier alpha value is -0.250. The predicted octanol–water partition coefficient (Wildman–Crippen LogP) is 3.15. The van der Waals surface area contributed by atoms with Crippen LogP contribution in [-0.4, -0.2) is 23.4 Å². The van der Waals surface area contributed by atoms with Gasteiger partial charge >= 0.3 is 0 Å². The van der Waals surface area contributed by atoms with Crippen LogP contribution in [0.15, 0.2) is 18.2 Å². The summed E-state index contributed by atoms with van der Waals surface area (Å²) in [5.74, 6) is 1.98. The molecule has 0 amide bonds. The topological polar surface area (TPSA) is 22.1 Å². The van der Waals surface area contributed by atoms with Gasteiger partial charge in [0.05, 0.1) is 11.8 Å². The molecule has 4 heteroatoms. The summed E-state index contributed by atoms with van der Waals surface area (Å²) in [5, 5.41) is 0.574.